The van der Waals surface area contributed by atoms with E-state index < -0.39 is 11.9 Å². The molecule has 0 spiro atoms. The van der Waals surface area contributed by atoms with Crippen LogP contribution >= 0.6 is 0 Å². The number of hydrogen-bond acceptors (Lipinski definition) is 7. The summed E-state index contributed by atoms with van der Waals surface area (Å²) in [6.07, 6.45) is -0.0510. The zero-order valence-corrected chi connectivity index (χ0v) is 15.9. The topological polar surface area (TPSA) is 91.4 Å². The van der Waals surface area contributed by atoms with Crippen molar-refractivity contribution in [2.45, 2.75) is 52.7 Å². The van der Waals surface area contributed by atoms with Crippen LogP contribution in [0.2, 0.25) is 0 Å². The molecule has 0 aliphatic carbocycles. The van der Waals surface area contributed by atoms with Crippen LogP contribution in [0.3, 0.4) is 0 Å². The molecular weight excluding hydrogens is 330 g/mol. The second kappa shape index (κ2) is 13.6. The molecular formula is C17H31NO7. The molecule has 0 aromatic carbocycles. The minimum absolute atomic E-state index is 0.0695. The van der Waals surface area contributed by atoms with Crippen molar-refractivity contribution in [3.63, 3.8) is 0 Å². The first-order valence-electron chi connectivity index (χ1n) is 8.49. The smallest absolute Gasteiger partial charge is 0.306 e. The number of rotatable bonds is 13. The lowest BCUT2D eigenvalue weighted by Gasteiger charge is -2.23. The molecule has 0 saturated carbocycles. The molecule has 0 heterocycles. The van der Waals surface area contributed by atoms with Crippen LogP contribution in [0.4, 0.5) is 0 Å². The molecule has 0 N–H and O–H groups in total. The summed E-state index contributed by atoms with van der Waals surface area (Å²) in [4.78, 5) is 36.3. The number of carbonyl (C=O) groups excluding carboxylic acids is 3. The van der Waals surface area contributed by atoms with Crippen LogP contribution in [-0.4, -0.2) is 75.0 Å². The van der Waals surface area contributed by atoms with Crippen LogP contribution in [0.25, 0.3) is 0 Å². The maximum Gasteiger partial charge on any atom is 0.306 e. The molecule has 0 aliphatic rings. The van der Waals surface area contributed by atoms with Gasteiger partial charge < -0.3 is 23.8 Å². The standard InChI is InChI=1S/C17H31NO7/c1-13(2)23-10-8-18(9-11-24-14(3)4)15(19)12-25-17(21)7-6-16(20)22-5/h13-14H,6-12H2,1-5H3. The average molecular weight is 361 g/mol. The molecule has 0 aromatic heterocycles. The van der Waals surface area contributed by atoms with Gasteiger partial charge in [0.25, 0.3) is 5.91 Å². The maximum absolute atomic E-state index is 12.2. The summed E-state index contributed by atoms with van der Waals surface area (Å²) in [5, 5.41) is 0. The van der Waals surface area contributed by atoms with E-state index >= 15 is 0 Å². The average Bonchev–Trinajstić information content (AvgIpc) is 2.55. The first-order chi connectivity index (χ1) is 11.8. The molecule has 0 atom stereocenters. The van der Waals surface area contributed by atoms with Crippen LogP contribution in [0.15, 0.2) is 0 Å². The predicted octanol–water partition coefficient (Wildman–Crippen LogP) is 1.16. The van der Waals surface area contributed by atoms with Crippen LogP contribution in [0, 0.1) is 0 Å². The summed E-state index contributed by atoms with van der Waals surface area (Å²) >= 11 is 0. The molecule has 8 heteroatoms. The molecule has 0 unspecified atom stereocenters. The first-order valence-corrected chi connectivity index (χ1v) is 8.49. The fraction of sp³-hybridized carbons (Fsp3) is 0.824. The summed E-state index contributed by atoms with van der Waals surface area (Å²) in [6.45, 7) is 8.84. The zero-order chi connectivity index (χ0) is 19.2. The fourth-order valence-corrected chi connectivity index (χ4v) is 1.77. The van der Waals surface area contributed by atoms with Crippen molar-refractivity contribution >= 4 is 17.8 Å². The Labute approximate surface area is 149 Å². The van der Waals surface area contributed by atoms with Crippen molar-refractivity contribution in [3.05, 3.63) is 0 Å². The number of methoxy groups -OCH3 is 1. The highest BCUT2D eigenvalue weighted by molar-refractivity contribution is 5.82. The molecule has 25 heavy (non-hydrogen) atoms. The number of carbonyl (C=O) groups is 3. The van der Waals surface area contributed by atoms with Crippen LogP contribution in [-0.2, 0) is 33.3 Å². The Morgan fingerprint density at radius 2 is 1.32 bits per heavy atom. The molecule has 8 nitrogen and oxygen atoms in total. The molecule has 0 radical (unpaired) electrons. The summed E-state index contributed by atoms with van der Waals surface area (Å²) in [5.74, 6) is -1.44. The van der Waals surface area contributed by atoms with Crippen molar-refractivity contribution in [1.29, 1.82) is 0 Å². The third-order valence-corrected chi connectivity index (χ3v) is 3.10. The van der Waals surface area contributed by atoms with Crippen LogP contribution in [0.1, 0.15) is 40.5 Å². The summed E-state index contributed by atoms with van der Waals surface area (Å²) in [6, 6.07) is 0. The van der Waals surface area contributed by atoms with Gasteiger partial charge in [0, 0.05) is 13.1 Å². The Morgan fingerprint density at radius 3 is 1.76 bits per heavy atom. The lowest BCUT2D eigenvalue weighted by molar-refractivity contribution is -0.154. The Morgan fingerprint density at radius 1 is 0.840 bits per heavy atom. The SMILES string of the molecule is COC(=O)CCC(=O)OCC(=O)N(CCOC(C)C)CCOC(C)C. The molecule has 0 aromatic rings. The lowest BCUT2D eigenvalue weighted by atomic mass is 10.3. The van der Waals surface area contributed by atoms with Gasteiger partial charge in [-0.25, -0.2) is 0 Å². The first kappa shape index (κ1) is 23.3. The Hall–Kier alpha value is -1.67. The van der Waals surface area contributed by atoms with Gasteiger partial charge >= 0.3 is 11.9 Å². The van der Waals surface area contributed by atoms with Gasteiger partial charge in [0.1, 0.15) is 0 Å². The number of ether oxygens (including phenoxy) is 4. The van der Waals surface area contributed by atoms with Gasteiger partial charge in [0.2, 0.25) is 0 Å². The zero-order valence-electron chi connectivity index (χ0n) is 15.9. The van der Waals surface area contributed by atoms with E-state index in [-0.39, 0.29) is 37.6 Å². The minimum atomic E-state index is -0.615. The second-order valence-corrected chi connectivity index (χ2v) is 5.96. The lowest BCUT2D eigenvalue weighted by Crippen LogP contribution is -2.40. The van der Waals surface area contributed by atoms with E-state index in [1.165, 1.54) is 7.11 Å². The van der Waals surface area contributed by atoms with E-state index in [9.17, 15) is 14.4 Å². The van der Waals surface area contributed by atoms with Crippen molar-refractivity contribution in [3.8, 4) is 0 Å². The molecule has 0 aliphatic heterocycles. The molecule has 0 fully saturated rings. The fourth-order valence-electron chi connectivity index (χ4n) is 1.77. The Balaban J connectivity index is 4.32. The van der Waals surface area contributed by atoms with E-state index in [4.69, 9.17) is 14.2 Å². The molecule has 146 valence electrons. The summed E-state index contributed by atoms with van der Waals surface area (Å²) in [7, 11) is 1.24. The summed E-state index contributed by atoms with van der Waals surface area (Å²) in [5.41, 5.74) is 0. The highest BCUT2D eigenvalue weighted by atomic mass is 16.5. The highest BCUT2D eigenvalue weighted by Gasteiger charge is 2.17. The monoisotopic (exact) mass is 361 g/mol. The van der Waals surface area contributed by atoms with Gasteiger partial charge in [-0.15, -0.1) is 0 Å². The van der Waals surface area contributed by atoms with Gasteiger partial charge in [-0.05, 0) is 27.7 Å². The highest BCUT2D eigenvalue weighted by Crippen LogP contribution is 1.99. The quantitative estimate of drug-likeness (QED) is 0.455. The van der Waals surface area contributed by atoms with E-state index in [0.717, 1.165) is 0 Å². The van der Waals surface area contributed by atoms with Gasteiger partial charge in [0.05, 0.1) is 45.4 Å². The van der Waals surface area contributed by atoms with E-state index in [2.05, 4.69) is 4.74 Å². The van der Waals surface area contributed by atoms with Crippen molar-refractivity contribution in [2.24, 2.45) is 0 Å². The molecule has 0 rings (SSSR count). The molecule has 0 bridgehead atoms. The Bertz CT molecular complexity index is 396. The van der Waals surface area contributed by atoms with Crippen molar-refractivity contribution in [1.82, 2.24) is 4.90 Å². The number of nitrogens with zero attached hydrogens (tertiary/aromatic N) is 1. The van der Waals surface area contributed by atoms with Crippen LogP contribution in [0.5, 0.6) is 0 Å². The largest absolute Gasteiger partial charge is 0.469 e. The third-order valence-electron chi connectivity index (χ3n) is 3.10. The normalized spacial score (nSPS) is 10.8. The predicted molar refractivity (Wildman–Crippen MR) is 91.0 cm³/mol. The second-order valence-electron chi connectivity index (χ2n) is 5.96. The van der Waals surface area contributed by atoms with Gasteiger partial charge in [-0.3, -0.25) is 14.4 Å². The van der Waals surface area contributed by atoms with E-state index in [1.54, 1.807) is 4.90 Å². The van der Waals surface area contributed by atoms with Gasteiger partial charge in [0.15, 0.2) is 6.61 Å². The van der Waals surface area contributed by atoms with Crippen molar-refractivity contribution in [2.75, 3.05) is 40.0 Å². The van der Waals surface area contributed by atoms with Gasteiger partial charge in [-0.1, -0.05) is 0 Å². The number of esters is 2. The molecule has 0 saturated heterocycles. The van der Waals surface area contributed by atoms with E-state index in [0.29, 0.717) is 26.3 Å². The summed E-state index contributed by atoms with van der Waals surface area (Å²) < 4.78 is 20.3. The minimum Gasteiger partial charge on any atom is -0.469 e. The van der Waals surface area contributed by atoms with E-state index in [1.807, 2.05) is 27.7 Å². The number of amides is 1. The van der Waals surface area contributed by atoms with Crippen molar-refractivity contribution < 1.29 is 33.3 Å². The number of hydrogen-bond donors (Lipinski definition) is 0. The maximum atomic E-state index is 12.2. The van der Waals surface area contributed by atoms with Gasteiger partial charge in [-0.2, -0.15) is 0 Å². The van der Waals surface area contributed by atoms with Crippen LogP contribution < -0.4 is 0 Å². The Kier molecular flexibility index (Phi) is 12.7. The third kappa shape index (κ3) is 13.3. The molecule has 1 amide bonds.